The highest BCUT2D eigenvalue weighted by atomic mass is 15.2. The van der Waals surface area contributed by atoms with Crippen LogP contribution in [0.15, 0.2) is 152 Å². The maximum Gasteiger partial charge on any atom is 0.145 e. The van der Waals surface area contributed by atoms with Crippen molar-refractivity contribution in [3.05, 3.63) is 152 Å². The number of para-hydroxylation sites is 3. The van der Waals surface area contributed by atoms with Crippen molar-refractivity contribution in [1.29, 1.82) is 0 Å². The van der Waals surface area contributed by atoms with Gasteiger partial charge in [-0.15, -0.1) is 0 Å². The fourth-order valence-electron chi connectivity index (χ4n) is 5.89. The van der Waals surface area contributed by atoms with Crippen LogP contribution in [0, 0.1) is 0 Å². The molecule has 0 atom stereocenters. The predicted molar refractivity (Wildman–Crippen MR) is 166 cm³/mol. The van der Waals surface area contributed by atoms with E-state index >= 15 is 0 Å². The van der Waals surface area contributed by atoms with Crippen LogP contribution in [-0.2, 0) is 0 Å². The molecule has 0 unspecified atom stereocenters. The molecule has 8 rings (SSSR count). The van der Waals surface area contributed by atoms with E-state index in [1.807, 2.05) is 6.07 Å². The van der Waals surface area contributed by atoms with Gasteiger partial charge in [0.25, 0.3) is 0 Å². The number of fused-ring (bicyclic) bond motifs is 2. The summed E-state index contributed by atoms with van der Waals surface area (Å²) in [5, 5.41) is 0. The van der Waals surface area contributed by atoms with E-state index in [0.717, 1.165) is 45.2 Å². The summed E-state index contributed by atoms with van der Waals surface area (Å²) in [5.74, 6) is 0.957. The van der Waals surface area contributed by atoms with Crippen molar-refractivity contribution >= 4 is 28.1 Å². The lowest BCUT2D eigenvalue weighted by atomic mass is 9.97. The van der Waals surface area contributed by atoms with Crippen LogP contribution in [0.25, 0.3) is 50.4 Å². The zero-order chi connectivity index (χ0) is 26.5. The molecule has 1 aromatic heterocycles. The van der Waals surface area contributed by atoms with Crippen molar-refractivity contribution in [2.75, 3.05) is 4.90 Å². The first-order chi connectivity index (χ1) is 19.8. The molecule has 0 amide bonds. The first-order valence-corrected chi connectivity index (χ1v) is 13.6. The minimum absolute atomic E-state index is 0.957. The quantitative estimate of drug-likeness (QED) is 0.234. The van der Waals surface area contributed by atoms with Crippen molar-refractivity contribution in [2.45, 2.75) is 0 Å². The van der Waals surface area contributed by atoms with Gasteiger partial charge in [-0.25, -0.2) is 4.98 Å². The third-order valence-electron chi connectivity index (χ3n) is 7.68. The highest BCUT2D eigenvalue weighted by Gasteiger charge is 2.29. The SMILES string of the molecule is c1ccc(-c2cc(-c3ccccc3)cc(N3c4ccccc4-n4c(-c5ccccc5)nc5cccc3c54)c2)cc1. The number of aromatic nitrogens is 2. The molecular formula is C37H25N3. The average molecular weight is 512 g/mol. The molecule has 3 nitrogen and oxygen atoms in total. The first kappa shape index (κ1) is 22.6. The second-order valence-corrected chi connectivity index (χ2v) is 10.1. The summed E-state index contributed by atoms with van der Waals surface area (Å²) in [6.45, 7) is 0. The highest BCUT2D eigenvalue weighted by Crippen LogP contribution is 2.49. The minimum atomic E-state index is 0.957. The number of hydrogen-bond acceptors (Lipinski definition) is 2. The van der Waals surface area contributed by atoms with E-state index in [1.54, 1.807) is 0 Å². The average Bonchev–Trinajstić information content (AvgIpc) is 3.43. The van der Waals surface area contributed by atoms with Gasteiger partial charge in [-0.3, -0.25) is 4.57 Å². The topological polar surface area (TPSA) is 21.1 Å². The number of anilines is 3. The standard InChI is InChI=1S/C37H25N3/c1-4-13-26(14-5-1)29-23-30(27-15-6-2-7-16-27)25-31(24-29)39-33-20-10-11-21-34(33)40-36-32(19-12-22-35(36)39)38-37(40)28-17-8-3-9-18-28/h1-25H. The molecule has 0 spiro atoms. The Hall–Kier alpha value is -5.41. The van der Waals surface area contributed by atoms with Crippen molar-refractivity contribution in [1.82, 2.24) is 9.55 Å². The monoisotopic (exact) mass is 511 g/mol. The molecule has 188 valence electrons. The summed E-state index contributed by atoms with van der Waals surface area (Å²) in [5.41, 5.74) is 12.5. The van der Waals surface area contributed by atoms with Gasteiger partial charge in [0.1, 0.15) is 5.82 Å². The second kappa shape index (κ2) is 9.11. The molecule has 0 aliphatic carbocycles. The van der Waals surface area contributed by atoms with Crippen LogP contribution in [0.1, 0.15) is 0 Å². The maximum atomic E-state index is 5.15. The number of imidazole rings is 1. The van der Waals surface area contributed by atoms with Gasteiger partial charge in [0.2, 0.25) is 0 Å². The predicted octanol–water partition coefficient (Wildman–Crippen LogP) is 9.81. The van der Waals surface area contributed by atoms with Gasteiger partial charge in [-0.2, -0.15) is 0 Å². The van der Waals surface area contributed by atoms with Crippen molar-refractivity contribution in [3.8, 4) is 39.3 Å². The lowest BCUT2D eigenvalue weighted by molar-refractivity contribution is 1.06. The van der Waals surface area contributed by atoms with E-state index in [2.05, 4.69) is 155 Å². The number of nitrogens with zero attached hydrogens (tertiary/aromatic N) is 3. The van der Waals surface area contributed by atoms with Gasteiger partial charge in [-0.05, 0) is 64.7 Å². The summed E-state index contributed by atoms with van der Waals surface area (Å²) in [6, 6.07) is 53.7. The third-order valence-corrected chi connectivity index (χ3v) is 7.68. The summed E-state index contributed by atoms with van der Waals surface area (Å²) >= 11 is 0. The van der Waals surface area contributed by atoms with Gasteiger partial charge in [-0.1, -0.05) is 109 Å². The van der Waals surface area contributed by atoms with Crippen LogP contribution in [0.4, 0.5) is 17.1 Å². The molecule has 7 aromatic rings. The van der Waals surface area contributed by atoms with E-state index in [0.29, 0.717) is 0 Å². The lowest BCUT2D eigenvalue weighted by Gasteiger charge is -2.33. The van der Waals surface area contributed by atoms with E-state index in [9.17, 15) is 0 Å². The molecule has 3 heteroatoms. The maximum absolute atomic E-state index is 5.15. The Morgan fingerprint density at radius 1 is 0.400 bits per heavy atom. The summed E-state index contributed by atoms with van der Waals surface area (Å²) in [6.07, 6.45) is 0. The Morgan fingerprint density at radius 2 is 0.925 bits per heavy atom. The van der Waals surface area contributed by atoms with Crippen molar-refractivity contribution < 1.29 is 0 Å². The van der Waals surface area contributed by atoms with Gasteiger partial charge in [0, 0.05) is 11.3 Å². The van der Waals surface area contributed by atoms with E-state index < -0.39 is 0 Å². The number of benzene rings is 6. The molecule has 0 radical (unpaired) electrons. The third kappa shape index (κ3) is 3.56. The van der Waals surface area contributed by atoms with E-state index in [4.69, 9.17) is 4.98 Å². The molecule has 0 bridgehead atoms. The molecule has 1 aliphatic heterocycles. The molecule has 6 aromatic carbocycles. The van der Waals surface area contributed by atoms with Crippen molar-refractivity contribution in [2.24, 2.45) is 0 Å². The fourth-order valence-corrected chi connectivity index (χ4v) is 5.89. The molecule has 40 heavy (non-hydrogen) atoms. The Labute approximate surface area is 233 Å². The number of hydrogen-bond donors (Lipinski definition) is 0. The summed E-state index contributed by atoms with van der Waals surface area (Å²) in [7, 11) is 0. The minimum Gasteiger partial charge on any atom is -0.306 e. The van der Waals surface area contributed by atoms with E-state index in [-0.39, 0.29) is 0 Å². The molecule has 0 N–H and O–H groups in total. The molecule has 0 saturated carbocycles. The van der Waals surface area contributed by atoms with Crippen LogP contribution in [0.5, 0.6) is 0 Å². The van der Waals surface area contributed by atoms with Gasteiger partial charge in [0.15, 0.2) is 0 Å². The number of rotatable bonds is 4. The van der Waals surface area contributed by atoms with Crippen LogP contribution in [0.2, 0.25) is 0 Å². The first-order valence-electron chi connectivity index (χ1n) is 13.6. The second-order valence-electron chi connectivity index (χ2n) is 10.1. The van der Waals surface area contributed by atoms with Gasteiger partial charge < -0.3 is 4.90 Å². The lowest BCUT2D eigenvalue weighted by Crippen LogP contribution is -2.18. The highest BCUT2D eigenvalue weighted by molar-refractivity contribution is 6.03. The van der Waals surface area contributed by atoms with Crippen molar-refractivity contribution in [3.63, 3.8) is 0 Å². The summed E-state index contributed by atoms with van der Waals surface area (Å²) in [4.78, 5) is 7.54. The molecule has 1 aliphatic rings. The van der Waals surface area contributed by atoms with Crippen LogP contribution in [0.3, 0.4) is 0 Å². The largest absolute Gasteiger partial charge is 0.306 e. The van der Waals surface area contributed by atoms with Gasteiger partial charge in [0.05, 0.1) is 28.1 Å². The molecule has 0 fully saturated rings. The summed E-state index contributed by atoms with van der Waals surface area (Å²) < 4.78 is 2.32. The Bertz CT molecular complexity index is 1930. The molecule has 2 heterocycles. The van der Waals surface area contributed by atoms with Crippen LogP contribution in [-0.4, -0.2) is 9.55 Å². The van der Waals surface area contributed by atoms with Gasteiger partial charge >= 0.3 is 0 Å². The normalized spacial score (nSPS) is 11.9. The van der Waals surface area contributed by atoms with Crippen LogP contribution < -0.4 is 4.90 Å². The zero-order valence-electron chi connectivity index (χ0n) is 21.8. The Kier molecular flexibility index (Phi) is 5.14. The Morgan fingerprint density at radius 3 is 1.55 bits per heavy atom. The molecular weight excluding hydrogens is 486 g/mol. The Balaban J connectivity index is 1.42. The molecule has 0 saturated heterocycles. The smallest absolute Gasteiger partial charge is 0.145 e. The van der Waals surface area contributed by atoms with Crippen LogP contribution >= 0.6 is 0 Å². The zero-order valence-corrected chi connectivity index (χ0v) is 21.8. The fraction of sp³-hybridized carbons (Fsp3) is 0. The van der Waals surface area contributed by atoms with E-state index in [1.165, 1.54) is 22.3 Å².